The van der Waals surface area contributed by atoms with Crippen LogP contribution in [0.25, 0.3) is 6.08 Å². The number of rotatable bonds is 5. The zero-order valence-electron chi connectivity index (χ0n) is 11.9. The number of carbonyl (C=O) groups is 1. The van der Waals surface area contributed by atoms with E-state index in [1.54, 1.807) is 6.08 Å². The molecular weight excluding hydrogens is 252 g/mol. The zero-order chi connectivity index (χ0) is 14.4. The third-order valence-electron chi connectivity index (χ3n) is 3.92. The van der Waals surface area contributed by atoms with Crippen LogP contribution < -0.4 is 4.74 Å². The molecule has 1 N–H and O–H groups in total. The van der Waals surface area contributed by atoms with Gasteiger partial charge in [0.05, 0.1) is 6.61 Å². The first-order chi connectivity index (χ1) is 9.63. The minimum atomic E-state index is -0.933. The van der Waals surface area contributed by atoms with Gasteiger partial charge in [-0.15, -0.1) is 0 Å². The highest BCUT2D eigenvalue weighted by Crippen LogP contribution is 2.28. The number of benzene rings is 1. The summed E-state index contributed by atoms with van der Waals surface area (Å²) >= 11 is 0. The zero-order valence-corrected chi connectivity index (χ0v) is 11.9. The first-order valence-corrected chi connectivity index (χ1v) is 7.27. The van der Waals surface area contributed by atoms with Gasteiger partial charge < -0.3 is 9.84 Å². The van der Waals surface area contributed by atoms with Gasteiger partial charge in [-0.2, -0.15) is 0 Å². The molecule has 3 heteroatoms. The average Bonchev–Trinajstić information content (AvgIpc) is 2.45. The molecule has 0 heterocycles. The van der Waals surface area contributed by atoms with Crippen LogP contribution in [-0.2, 0) is 4.79 Å². The van der Waals surface area contributed by atoms with Crippen LogP contribution in [0.2, 0.25) is 0 Å². The van der Waals surface area contributed by atoms with E-state index < -0.39 is 5.97 Å². The van der Waals surface area contributed by atoms with Crippen molar-refractivity contribution in [3.05, 3.63) is 35.9 Å². The van der Waals surface area contributed by atoms with Crippen molar-refractivity contribution in [3.63, 3.8) is 0 Å². The Bertz CT molecular complexity index is 454. The van der Waals surface area contributed by atoms with Crippen LogP contribution in [0.1, 0.15) is 38.2 Å². The lowest BCUT2D eigenvalue weighted by Crippen LogP contribution is -2.18. The maximum atomic E-state index is 10.4. The van der Waals surface area contributed by atoms with Crippen molar-refractivity contribution < 1.29 is 14.6 Å². The number of carboxylic acids is 1. The molecule has 108 valence electrons. The van der Waals surface area contributed by atoms with E-state index in [4.69, 9.17) is 9.84 Å². The summed E-state index contributed by atoms with van der Waals surface area (Å²) in [6.07, 6.45) is 7.87. The van der Waals surface area contributed by atoms with Crippen LogP contribution in [-0.4, -0.2) is 17.7 Å². The molecule has 1 aromatic rings. The Morgan fingerprint density at radius 1 is 1.25 bits per heavy atom. The van der Waals surface area contributed by atoms with E-state index in [1.807, 2.05) is 24.3 Å². The van der Waals surface area contributed by atoms with Gasteiger partial charge in [-0.3, -0.25) is 0 Å². The van der Waals surface area contributed by atoms with Gasteiger partial charge in [0.2, 0.25) is 0 Å². The molecule has 3 nitrogen and oxygen atoms in total. The van der Waals surface area contributed by atoms with Crippen molar-refractivity contribution in [2.24, 2.45) is 11.8 Å². The molecule has 0 spiro atoms. The highest BCUT2D eigenvalue weighted by molar-refractivity contribution is 5.85. The highest BCUT2D eigenvalue weighted by atomic mass is 16.5. The number of hydrogen-bond acceptors (Lipinski definition) is 2. The van der Waals surface area contributed by atoms with Crippen molar-refractivity contribution in [2.45, 2.75) is 32.6 Å². The van der Waals surface area contributed by atoms with E-state index in [0.717, 1.165) is 29.9 Å². The molecule has 0 unspecified atom stereocenters. The van der Waals surface area contributed by atoms with E-state index in [9.17, 15) is 4.79 Å². The molecule has 0 atom stereocenters. The van der Waals surface area contributed by atoms with Crippen molar-refractivity contribution in [1.82, 2.24) is 0 Å². The SMILES string of the molecule is CC1CCC(COc2ccc(C=CC(=O)O)cc2)CC1. The lowest BCUT2D eigenvalue weighted by molar-refractivity contribution is -0.131. The first kappa shape index (κ1) is 14.6. The number of ether oxygens (including phenoxy) is 1. The van der Waals surface area contributed by atoms with Gasteiger partial charge in [0.15, 0.2) is 0 Å². The number of hydrogen-bond donors (Lipinski definition) is 1. The lowest BCUT2D eigenvalue weighted by atomic mass is 9.83. The largest absolute Gasteiger partial charge is 0.493 e. The Morgan fingerprint density at radius 2 is 1.90 bits per heavy atom. The van der Waals surface area contributed by atoms with E-state index in [-0.39, 0.29) is 0 Å². The molecule has 0 bridgehead atoms. The average molecular weight is 274 g/mol. The summed E-state index contributed by atoms with van der Waals surface area (Å²) < 4.78 is 5.82. The Labute approximate surface area is 120 Å². The summed E-state index contributed by atoms with van der Waals surface area (Å²) in [6, 6.07) is 7.54. The van der Waals surface area contributed by atoms with Crippen molar-refractivity contribution >= 4 is 12.0 Å². The minimum absolute atomic E-state index is 0.679. The summed E-state index contributed by atoms with van der Waals surface area (Å²) in [7, 11) is 0. The molecule has 0 aromatic heterocycles. The first-order valence-electron chi connectivity index (χ1n) is 7.27. The maximum absolute atomic E-state index is 10.4. The summed E-state index contributed by atoms with van der Waals surface area (Å²) in [6.45, 7) is 3.11. The molecule has 1 fully saturated rings. The number of aliphatic carboxylic acids is 1. The molecule has 0 radical (unpaired) electrons. The van der Waals surface area contributed by atoms with Crippen LogP contribution in [0.15, 0.2) is 30.3 Å². The van der Waals surface area contributed by atoms with Crippen LogP contribution >= 0.6 is 0 Å². The maximum Gasteiger partial charge on any atom is 0.328 e. The topological polar surface area (TPSA) is 46.5 Å². The van der Waals surface area contributed by atoms with Gasteiger partial charge in [0.25, 0.3) is 0 Å². The molecule has 1 aromatic carbocycles. The summed E-state index contributed by atoms with van der Waals surface area (Å²) in [5, 5.41) is 8.56. The molecule has 2 rings (SSSR count). The summed E-state index contributed by atoms with van der Waals surface area (Å²) in [5.74, 6) is 1.47. The molecule has 0 amide bonds. The van der Waals surface area contributed by atoms with Gasteiger partial charge >= 0.3 is 5.97 Å². The Kier molecular flexibility index (Phi) is 5.22. The van der Waals surface area contributed by atoms with Gasteiger partial charge in [-0.05, 0) is 48.4 Å². The quantitative estimate of drug-likeness (QED) is 0.826. The van der Waals surface area contributed by atoms with Gasteiger partial charge in [-0.1, -0.05) is 31.9 Å². The van der Waals surface area contributed by atoms with Crippen molar-refractivity contribution in [2.75, 3.05) is 6.61 Å². The van der Waals surface area contributed by atoms with E-state index in [1.165, 1.54) is 25.7 Å². The highest BCUT2D eigenvalue weighted by Gasteiger charge is 2.18. The predicted molar refractivity (Wildman–Crippen MR) is 79.7 cm³/mol. The molecule has 0 saturated heterocycles. The Balaban J connectivity index is 1.80. The molecule has 1 aliphatic rings. The van der Waals surface area contributed by atoms with E-state index in [0.29, 0.717) is 5.92 Å². The van der Waals surface area contributed by atoms with Gasteiger partial charge in [0.1, 0.15) is 5.75 Å². The van der Waals surface area contributed by atoms with Crippen LogP contribution in [0, 0.1) is 11.8 Å². The van der Waals surface area contributed by atoms with Gasteiger partial charge in [-0.25, -0.2) is 4.79 Å². The Morgan fingerprint density at radius 3 is 2.50 bits per heavy atom. The fourth-order valence-electron chi connectivity index (χ4n) is 2.55. The molecule has 1 saturated carbocycles. The standard InChI is InChI=1S/C17H22O3/c1-13-2-4-15(5-3-13)12-20-16-9-6-14(7-10-16)8-11-17(18)19/h6-11,13,15H,2-5,12H2,1H3,(H,18,19). The molecular formula is C17H22O3. The lowest BCUT2D eigenvalue weighted by Gasteiger charge is -2.26. The second-order valence-corrected chi connectivity index (χ2v) is 5.68. The summed E-state index contributed by atoms with van der Waals surface area (Å²) in [4.78, 5) is 10.4. The van der Waals surface area contributed by atoms with Crippen molar-refractivity contribution in [1.29, 1.82) is 0 Å². The second-order valence-electron chi connectivity index (χ2n) is 5.68. The predicted octanol–water partition coefficient (Wildman–Crippen LogP) is 3.99. The Hall–Kier alpha value is -1.77. The minimum Gasteiger partial charge on any atom is -0.493 e. The third-order valence-corrected chi connectivity index (χ3v) is 3.92. The molecule has 0 aliphatic heterocycles. The van der Waals surface area contributed by atoms with E-state index >= 15 is 0 Å². The van der Waals surface area contributed by atoms with Gasteiger partial charge in [0, 0.05) is 6.08 Å². The third kappa shape index (κ3) is 4.72. The smallest absolute Gasteiger partial charge is 0.328 e. The number of carboxylic acid groups (broad SMARTS) is 1. The second kappa shape index (κ2) is 7.13. The molecule has 1 aliphatic carbocycles. The monoisotopic (exact) mass is 274 g/mol. The fourth-order valence-corrected chi connectivity index (χ4v) is 2.55. The molecule has 20 heavy (non-hydrogen) atoms. The van der Waals surface area contributed by atoms with Crippen LogP contribution in [0.3, 0.4) is 0 Å². The normalized spacial score (nSPS) is 22.9. The summed E-state index contributed by atoms with van der Waals surface area (Å²) in [5.41, 5.74) is 0.867. The van der Waals surface area contributed by atoms with Crippen LogP contribution in [0.4, 0.5) is 0 Å². The van der Waals surface area contributed by atoms with Crippen molar-refractivity contribution in [3.8, 4) is 5.75 Å². The van der Waals surface area contributed by atoms with E-state index in [2.05, 4.69) is 6.92 Å². The fraction of sp³-hybridized carbons (Fsp3) is 0.471. The van der Waals surface area contributed by atoms with Crippen LogP contribution in [0.5, 0.6) is 5.75 Å².